The molecule has 3 N–H and O–H groups in total. The first-order valence-electron chi connectivity index (χ1n) is 9.16. The van der Waals surface area contributed by atoms with Crippen LogP contribution in [0.4, 0.5) is 17.1 Å². The minimum Gasteiger partial charge on any atom is -0.397 e. The van der Waals surface area contributed by atoms with Gasteiger partial charge in [-0.15, -0.1) is 0 Å². The van der Waals surface area contributed by atoms with Crippen LogP contribution in [0.5, 0.6) is 0 Å². The average molecular weight is 406 g/mol. The van der Waals surface area contributed by atoms with Crippen LogP contribution in [0.3, 0.4) is 0 Å². The van der Waals surface area contributed by atoms with Crippen molar-refractivity contribution in [2.45, 2.75) is 27.2 Å². The first kappa shape index (κ1) is 19.8. The van der Waals surface area contributed by atoms with Crippen molar-refractivity contribution in [1.29, 1.82) is 0 Å². The van der Waals surface area contributed by atoms with E-state index in [0.717, 1.165) is 24.3 Å². The number of benzene rings is 2. The van der Waals surface area contributed by atoms with Crippen molar-refractivity contribution in [3.05, 3.63) is 51.5 Å². The molecular weight excluding hydrogens is 381 g/mol. The third kappa shape index (κ3) is 4.50. The number of carbonyl (C=O) groups is 1. The Morgan fingerprint density at radius 2 is 1.81 bits per heavy atom. The van der Waals surface area contributed by atoms with Gasteiger partial charge in [0.1, 0.15) is 0 Å². The molecule has 2 aromatic rings. The second kappa shape index (κ2) is 7.99. The van der Waals surface area contributed by atoms with Crippen LogP contribution in [-0.2, 0) is 0 Å². The molecule has 0 spiro atoms. The van der Waals surface area contributed by atoms with Gasteiger partial charge in [-0.05, 0) is 61.1 Å². The second-order valence-corrected chi connectivity index (χ2v) is 8.50. The molecular formula is C21H25Cl2N3O. The maximum atomic E-state index is 12.7. The third-order valence-corrected chi connectivity index (χ3v) is 5.55. The number of hydrogen-bond donors (Lipinski definition) is 2. The quantitative estimate of drug-likeness (QED) is 0.651. The molecule has 1 aliphatic heterocycles. The van der Waals surface area contributed by atoms with Crippen LogP contribution in [0.2, 0.25) is 10.0 Å². The van der Waals surface area contributed by atoms with E-state index < -0.39 is 0 Å². The molecule has 0 aromatic heterocycles. The lowest BCUT2D eigenvalue weighted by Gasteiger charge is -2.37. The van der Waals surface area contributed by atoms with Crippen molar-refractivity contribution in [1.82, 2.24) is 0 Å². The normalized spacial score (nSPS) is 19.8. The minimum absolute atomic E-state index is 0.307. The number of nitrogens with one attached hydrogen (secondary N) is 1. The molecule has 27 heavy (non-hydrogen) atoms. The Kier molecular flexibility index (Phi) is 5.87. The van der Waals surface area contributed by atoms with E-state index >= 15 is 0 Å². The van der Waals surface area contributed by atoms with Gasteiger partial charge in [0.2, 0.25) is 0 Å². The maximum absolute atomic E-state index is 12.7. The molecule has 1 saturated heterocycles. The Morgan fingerprint density at radius 3 is 2.44 bits per heavy atom. The molecule has 0 saturated carbocycles. The number of anilines is 3. The van der Waals surface area contributed by atoms with Gasteiger partial charge >= 0.3 is 0 Å². The predicted molar refractivity (Wildman–Crippen MR) is 115 cm³/mol. The number of halogens is 2. The number of nitrogens with two attached hydrogens (primary N) is 1. The molecule has 144 valence electrons. The lowest BCUT2D eigenvalue weighted by atomic mass is 9.91. The Labute approximate surface area is 170 Å². The molecule has 3 rings (SSSR count). The molecule has 2 atom stereocenters. The molecule has 0 bridgehead atoms. The first-order chi connectivity index (χ1) is 12.7. The van der Waals surface area contributed by atoms with Gasteiger partial charge in [0.05, 0.1) is 22.0 Å². The van der Waals surface area contributed by atoms with E-state index in [1.807, 2.05) is 12.1 Å². The standard InChI is InChI=1S/C21H25Cl2N3O/c1-12-6-13(2)11-26(10-12)20-9-19(18(24)7-14(20)3)25-21(27)16-5-4-15(22)8-17(16)23/h4-5,7-9,12-13H,6,10-11,24H2,1-3H3,(H,25,27)/t12-,13-/m0/s1. The number of amides is 1. The molecule has 1 fully saturated rings. The minimum atomic E-state index is -0.307. The van der Waals surface area contributed by atoms with Crippen LogP contribution in [0, 0.1) is 18.8 Å². The van der Waals surface area contributed by atoms with Gasteiger partial charge in [0, 0.05) is 23.8 Å². The summed E-state index contributed by atoms with van der Waals surface area (Å²) in [5.41, 5.74) is 9.89. The van der Waals surface area contributed by atoms with E-state index in [9.17, 15) is 4.79 Å². The van der Waals surface area contributed by atoms with Crippen LogP contribution in [0.1, 0.15) is 36.2 Å². The van der Waals surface area contributed by atoms with Crippen LogP contribution < -0.4 is 16.0 Å². The van der Waals surface area contributed by atoms with Gasteiger partial charge in [-0.3, -0.25) is 4.79 Å². The zero-order valence-electron chi connectivity index (χ0n) is 15.9. The lowest BCUT2D eigenvalue weighted by molar-refractivity contribution is 0.102. The van der Waals surface area contributed by atoms with Crippen molar-refractivity contribution >= 4 is 46.2 Å². The highest BCUT2D eigenvalue weighted by Crippen LogP contribution is 2.34. The van der Waals surface area contributed by atoms with E-state index in [0.29, 0.717) is 38.8 Å². The molecule has 2 aromatic carbocycles. The molecule has 0 aliphatic carbocycles. The van der Waals surface area contributed by atoms with Crippen molar-refractivity contribution in [3.63, 3.8) is 0 Å². The zero-order chi connectivity index (χ0) is 19.7. The van der Waals surface area contributed by atoms with Crippen molar-refractivity contribution < 1.29 is 4.79 Å². The number of carbonyl (C=O) groups excluding carboxylic acids is 1. The maximum Gasteiger partial charge on any atom is 0.257 e. The van der Waals surface area contributed by atoms with Gasteiger partial charge in [-0.1, -0.05) is 37.0 Å². The summed E-state index contributed by atoms with van der Waals surface area (Å²) in [4.78, 5) is 15.1. The SMILES string of the molecule is Cc1cc(N)c(NC(=O)c2ccc(Cl)cc2Cl)cc1N1C[C@@H](C)C[C@H](C)C1. The molecule has 1 amide bonds. The van der Waals surface area contributed by atoms with Gasteiger partial charge in [-0.2, -0.15) is 0 Å². The highest BCUT2D eigenvalue weighted by molar-refractivity contribution is 6.37. The molecule has 4 nitrogen and oxygen atoms in total. The molecule has 0 unspecified atom stereocenters. The topological polar surface area (TPSA) is 58.4 Å². The summed E-state index contributed by atoms with van der Waals surface area (Å²) in [6.07, 6.45) is 1.24. The van der Waals surface area contributed by atoms with Gasteiger partial charge in [0.15, 0.2) is 0 Å². The smallest absolute Gasteiger partial charge is 0.257 e. The van der Waals surface area contributed by atoms with E-state index in [1.165, 1.54) is 6.42 Å². The lowest BCUT2D eigenvalue weighted by Crippen LogP contribution is -2.39. The first-order valence-corrected chi connectivity index (χ1v) is 9.91. The largest absolute Gasteiger partial charge is 0.397 e. The average Bonchev–Trinajstić information content (AvgIpc) is 2.56. The number of nitrogens with zero attached hydrogens (tertiary/aromatic N) is 1. The zero-order valence-corrected chi connectivity index (χ0v) is 17.4. The van der Waals surface area contributed by atoms with E-state index in [2.05, 4.69) is 31.0 Å². The summed E-state index contributed by atoms with van der Waals surface area (Å²) >= 11 is 12.1. The van der Waals surface area contributed by atoms with Gasteiger partial charge in [0.25, 0.3) is 5.91 Å². The monoisotopic (exact) mass is 405 g/mol. The fourth-order valence-corrected chi connectivity index (χ4v) is 4.38. The Bertz CT molecular complexity index is 859. The summed E-state index contributed by atoms with van der Waals surface area (Å²) in [5, 5.41) is 3.70. The summed E-state index contributed by atoms with van der Waals surface area (Å²) in [6.45, 7) is 8.62. The Balaban J connectivity index is 1.88. The van der Waals surface area contributed by atoms with Crippen LogP contribution >= 0.6 is 23.2 Å². The number of aryl methyl sites for hydroxylation is 1. The summed E-state index contributed by atoms with van der Waals surface area (Å²) < 4.78 is 0. The fraction of sp³-hybridized carbons (Fsp3) is 0.381. The summed E-state index contributed by atoms with van der Waals surface area (Å²) in [6, 6.07) is 8.69. The highest BCUT2D eigenvalue weighted by atomic mass is 35.5. The molecule has 1 aliphatic rings. The number of hydrogen-bond acceptors (Lipinski definition) is 3. The predicted octanol–water partition coefficient (Wildman–Crippen LogP) is 5.62. The van der Waals surface area contributed by atoms with Gasteiger partial charge in [-0.25, -0.2) is 0 Å². The molecule has 1 heterocycles. The van der Waals surface area contributed by atoms with Crippen LogP contribution in [-0.4, -0.2) is 19.0 Å². The number of rotatable bonds is 3. The Hall–Kier alpha value is -1.91. The highest BCUT2D eigenvalue weighted by Gasteiger charge is 2.24. The second-order valence-electron chi connectivity index (χ2n) is 7.66. The number of piperidine rings is 1. The van der Waals surface area contributed by atoms with Crippen molar-refractivity contribution in [2.75, 3.05) is 29.0 Å². The van der Waals surface area contributed by atoms with Gasteiger partial charge < -0.3 is 16.0 Å². The summed E-state index contributed by atoms with van der Waals surface area (Å²) in [5.74, 6) is 0.965. The third-order valence-electron chi connectivity index (χ3n) is 5.00. The summed E-state index contributed by atoms with van der Waals surface area (Å²) in [7, 11) is 0. The van der Waals surface area contributed by atoms with Crippen LogP contribution in [0.15, 0.2) is 30.3 Å². The molecule has 6 heteroatoms. The van der Waals surface area contributed by atoms with E-state index in [1.54, 1.807) is 18.2 Å². The molecule has 0 radical (unpaired) electrons. The fourth-order valence-electron chi connectivity index (χ4n) is 3.89. The van der Waals surface area contributed by atoms with Crippen molar-refractivity contribution in [2.24, 2.45) is 11.8 Å². The van der Waals surface area contributed by atoms with E-state index in [-0.39, 0.29) is 5.91 Å². The van der Waals surface area contributed by atoms with Crippen LogP contribution in [0.25, 0.3) is 0 Å². The van der Waals surface area contributed by atoms with Crippen molar-refractivity contribution in [3.8, 4) is 0 Å². The Morgan fingerprint density at radius 1 is 1.15 bits per heavy atom. The van der Waals surface area contributed by atoms with E-state index in [4.69, 9.17) is 28.9 Å². The number of nitrogen functional groups attached to an aromatic ring is 1.